The van der Waals surface area contributed by atoms with Gasteiger partial charge in [-0.05, 0) is 37.9 Å². The summed E-state index contributed by atoms with van der Waals surface area (Å²) in [5, 5.41) is 3.17. The molecule has 1 aromatic rings. The molecule has 2 unspecified atom stereocenters. The number of hydrogen-bond acceptors (Lipinski definition) is 3. The van der Waals surface area contributed by atoms with Gasteiger partial charge in [0.05, 0.1) is 5.02 Å². The van der Waals surface area contributed by atoms with Gasteiger partial charge in [-0.25, -0.2) is 12.8 Å². The maximum absolute atomic E-state index is 14.0. The first-order valence-corrected chi connectivity index (χ1v) is 8.52. The fraction of sp³-hybridized carbons (Fsp3) is 0.538. The second kappa shape index (κ2) is 6.38. The molecular formula is C13H17Cl2FN2O2S. The molecule has 0 aromatic heterocycles. The van der Waals surface area contributed by atoms with E-state index in [4.69, 9.17) is 11.6 Å². The summed E-state index contributed by atoms with van der Waals surface area (Å²) in [6.07, 6.45) is 2.39. The number of sulfonamides is 1. The number of hydrogen-bond donors (Lipinski definition) is 1. The molecule has 2 fully saturated rings. The van der Waals surface area contributed by atoms with E-state index in [1.54, 1.807) is 0 Å². The molecule has 3 rings (SSSR count). The Hall–Kier alpha value is -0.400. The Bertz CT molecular complexity index is 592. The fourth-order valence-corrected chi connectivity index (χ4v) is 5.64. The average molecular weight is 355 g/mol. The largest absolute Gasteiger partial charge is 0.315 e. The van der Waals surface area contributed by atoms with Crippen molar-refractivity contribution in [1.29, 1.82) is 0 Å². The van der Waals surface area contributed by atoms with Crippen LogP contribution in [-0.4, -0.2) is 37.9 Å². The van der Waals surface area contributed by atoms with Gasteiger partial charge in [-0.3, -0.25) is 0 Å². The van der Waals surface area contributed by atoms with Crippen molar-refractivity contribution in [3.05, 3.63) is 29.0 Å². The van der Waals surface area contributed by atoms with Crippen LogP contribution in [0.25, 0.3) is 0 Å². The Morgan fingerprint density at radius 1 is 1.24 bits per heavy atom. The number of benzene rings is 1. The quantitative estimate of drug-likeness (QED) is 0.887. The van der Waals surface area contributed by atoms with E-state index < -0.39 is 15.8 Å². The Labute approximate surface area is 135 Å². The van der Waals surface area contributed by atoms with Crippen molar-refractivity contribution in [3.63, 3.8) is 0 Å². The number of halogens is 3. The van der Waals surface area contributed by atoms with E-state index in [1.165, 1.54) is 16.4 Å². The predicted molar refractivity (Wildman–Crippen MR) is 82.0 cm³/mol. The van der Waals surface area contributed by atoms with Gasteiger partial charge in [-0.2, -0.15) is 4.31 Å². The summed E-state index contributed by atoms with van der Waals surface area (Å²) in [6.45, 7) is 1.40. The van der Waals surface area contributed by atoms with Crippen LogP contribution in [0.4, 0.5) is 4.39 Å². The van der Waals surface area contributed by atoms with Gasteiger partial charge in [0.15, 0.2) is 0 Å². The molecule has 0 radical (unpaired) electrons. The van der Waals surface area contributed by atoms with Crippen LogP contribution in [0.15, 0.2) is 23.1 Å². The van der Waals surface area contributed by atoms with Crippen LogP contribution in [0, 0.1) is 5.82 Å². The third-order valence-electron chi connectivity index (χ3n) is 4.04. The highest BCUT2D eigenvalue weighted by molar-refractivity contribution is 7.89. The van der Waals surface area contributed by atoms with E-state index in [2.05, 4.69) is 5.32 Å². The lowest BCUT2D eigenvalue weighted by molar-refractivity contribution is 0.333. The number of rotatable bonds is 2. The monoisotopic (exact) mass is 354 g/mol. The van der Waals surface area contributed by atoms with E-state index >= 15 is 0 Å². The Morgan fingerprint density at radius 3 is 2.67 bits per heavy atom. The van der Waals surface area contributed by atoms with E-state index in [0.717, 1.165) is 31.9 Å². The van der Waals surface area contributed by atoms with Crippen molar-refractivity contribution in [3.8, 4) is 0 Å². The van der Waals surface area contributed by atoms with E-state index in [9.17, 15) is 12.8 Å². The Kier molecular flexibility index (Phi) is 5.15. The van der Waals surface area contributed by atoms with Crippen molar-refractivity contribution in [2.75, 3.05) is 13.1 Å². The summed E-state index contributed by atoms with van der Waals surface area (Å²) < 4.78 is 41.1. The standard InChI is InChI=1S/C13H16ClFN2O2S.ClH/c14-11-2-1-3-12(15)13(11)20(18,19)17-9-4-5-10(17)8-16-7-6-9;/h1-3,9-10,16H,4-8H2;1H. The molecule has 2 aliphatic rings. The van der Waals surface area contributed by atoms with E-state index in [-0.39, 0.29) is 34.4 Å². The van der Waals surface area contributed by atoms with Crippen molar-refractivity contribution in [2.45, 2.75) is 36.2 Å². The topological polar surface area (TPSA) is 49.4 Å². The molecule has 0 aliphatic carbocycles. The summed E-state index contributed by atoms with van der Waals surface area (Å²) in [6, 6.07) is 3.79. The molecule has 118 valence electrons. The van der Waals surface area contributed by atoms with E-state index in [0.29, 0.717) is 6.54 Å². The lowest BCUT2D eigenvalue weighted by Gasteiger charge is -2.27. The van der Waals surface area contributed by atoms with Gasteiger partial charge in [-0.1, -0.05) is 17.7 Å². The highest BCUT2D eigenvalue weighted by atomic mass is 35.5. The molecular weight excluding hydrogens is 338 g/mol. The minimum atomic E-state index is -3.90. The van der Waals surface area contributed by atoms with Crippen molar-refractivity contribution < 1.29 is 12.8 Å². The highest BCUT2D eigenvalue weighted by Gasteiger charge is 2.44. The second-order valence-electron chi connectivity index (χ2n) is 5.26. The first-order chi connectivity index (χ1) is 9.51. The van der Waals surface area contributed by atoms with Crippen LogP contribution in [0.2, 0.25) is 5.02 Å². The molecule has 21 heavy (non-hydrogen) atoms. The maximum Gasteiger partial charge on any atom is 0.248 e. The van der Waals surface area contributed by atoms with Gasteiger partial charge >= 0.3 is 0 Å². The first kappa shape index (κ1) is 17.0. The van der Waals surface area contributed by atoms with Crippen LogP contribution in [0.3, 0.4) is 0 Å². The van der Waals surface area contributed by atoms with Gasteiger partial charge in [0, 0.05) is 18.6 Å². The number of fused-ring (bicyclic) bond motifs is 2. The first-order valence-electron chi connectivity index (χ1n) is 6.70. The molecule has 0 amide bonds. The lowest BCUT2D eigenvalue weighted by atomic mass is 10.1. The predicted octanol–water partition coefficient (Wildman–Crippen LogP) is 2.42. The van der Waals surface area contributed by atoms with Crippen molar-refractivity contribution in [1.82, 2.24) is 9.62 Å². The minimum Gasteiger partial charge on any atom is -0.315 e. The zero-order valence-corrected chi connectivity index (χ0v) is 13.6. The summed E-state index contributed by atoms with van der Waals surface area (Å²) in [7, 11) is -3.90. The summed E-state index contributed by atoms with van der Waals surface area (Å²) >= 11 is 5.93. The molecule has 2 saturated heterocycles. The molecule has 2 bridgehead atoms. The number of nitrogens with one attached hydrogen (secondary N) is 1. The van der Waals surface area contributed by atoms with Gasteiger partial charge < -0.3 is 5.32 Å². The Balaban J connectivity index is 0.00000161. The van der Waals surface area contributed by atoms with Crippen LogP contribution in [-0.2, 0) is 10.0 Å². The zero-order chi connectivity index (χ0) is 14.3. The van der Waals surface area contributed by atoms with Crippen LogP contribution < -0.4 is 5.32 Å². The van der Waals surface area contributed by atoms with Gasteiger partial charge in [0.1, 0.15) is 10.7 Å². The van der Waals surface area contributed by atoms with Crippen LogP contribution in [0.5, 0.6) is 0 Å². The molecule has 1 N–H and O–H groups in total. The van der Waals surface area contributed by atoms with Gasteiger partial charge in [0.2, 0.25) is 10.0 Å². The lowest BCUT2D eigenvalue weighted by Crippen LogP contribution is -2.42. The summed E-state index contributed by atoms with van der Waals surface area (Å²) in [5.41, 5.74) is 0. The van der Waals surface area contributed by atoms with Gasteiger partial charge in [-0.15, -0.1) is 12.4 Å². The molecule has 2 aliphatic heterocycles. The molecule has 0 saturated carbocycles. The molecule has 2 atom stereocenters. The smallest absolute Gasteiger partial charge is 0.248 e. The van der Waals surface area contributed by atoms with Gasteiger partial charge in [0.25, 0.3) is 0 Å². The number of nitrogens with zero attached hydrogens (tertiary/aromatic N) is 1. The van der Waals surface area contributed by atoms with Crippen LogP contribution >= 0.6 is 24.0 Å². The van der Waals surface area contributed by atoms with Crippen LogP contribution in [0.1, 0.15) is 19.3 Å². The average Bonchev–Trinajstić information content (AvgIpc) is 2.63. The summed E-state index contributed by atoms with van der Waals surface area (Å²) in [5.74, 6) is -0.783. The molecule has 2 heterocycles. The van der Waals surface area contributed by atoms with Crippen molar-refractivity contribution >= 4 is 34.0 Å². The minimum absolute atomic E-state index is 0. The molecule has 1 aromatic carbocycles. The molecule has 0 spiro atoms. The molecule has 8 heteroatoms. The zero-order valence-electron chi connectivity index (χ0n) is 11.3. The molecule has 4 nitrogen and oxygen atoms in total. The van der Waals surface area contributed by atoms with E-state index in [1.807, 2.05) is 0 Å². The fourth-order valence-electron chi connectivity index (χ4n) is 3.17. The third-order valence-corrected chi connectivity index (χ3v) is 6.55. The summed E-state index contributed by atoms with van der Waals surface area (Å²) in [4.78, 5) is -0.388. The second-order valence-corrected chi connectivity index (χ2v) is 7.45. The Morgan fingerprint density at radius 2 is 1.95 bits per heavy atom. The third kappa shape index (κ3) is 2.92. The normalized spacial score (nSPS) is 26.2. The maximum atomic E-state index is 14.0. The highest BCUT2D eigenvalue weighted by Crippen LogP contribution is 2.36. The van der Waals surface area contributed by atoms with Crippen molar-refractivity contribution in [2.24, 2.45) is 0 Å². The SMILES string of the molecule is Cl.O=S(=O)(c1c(F)cccc1Cl)N1C2CCNCC1CC2.